The zero-order valence-corrected chi connectivity index (χ0v) is 13.9. The molecule has 3 rings (SSSR count). The van der Waals surface area contributed by atoms with Crippen LogP contribution in [0.5, 0.6) is 17.2 Å². The van der Waals surface area contributed by atoms with Crippen LogP contribution in [0.3, 0.4) is 0 Å². The molecule has 1 aromatic heterocycles. The molecule has 0 aliphatic rings. The standard InChI is InChI=1S/C13H9Br2N3O3/c1-19-10-4-7(15)11(5-6(10)14)20-9-3-2-8(16)12-13(9)18-21-17-12/h2-5H,16H2,1H3. The van der Waals surface area contributed by atoms with Gasteiger partial charge in [0, 0.05) is 0 Å². The highest BCUT2D eigenvalue weighted by Crippen LogP contribution is 2.39. The summed E-state index contributed by atoms with van der Waals surface area (Å²) in [6.07, 6.45) is 0. The number of hydrogen-bond acceptors (Lipinski definition) is 6. The Labute approximate surface area is 136 Å². The van der Waals surface area contributed by atoms with E-state index in [4.69, 9.17) is 19.8 Å². The second-order valence-corrected chi connectivity index (χ2v) is 5.84. The molecular weight excluding hydrogens is 406 g/mol. The van der Waals surface area contributed by atoms with E-state index in [0.29, 0.717) is 34.0 Å². The first kappa shape index (κ1) is 14.2. The van der Waals surface area contributed by atoms with Crippen LogP contribution in [-0.4, -0.2) is 17.4 Å². The molecule has 108 valence electrons. The summed E-state index contributed by atoms with van der Waals surface area (Å²) in [6.45, 7) is 0. The fourth-order valence-corrected chi connectivity index (χ4v) is 2.70. The number of hydrogen-bond donors (Lipinski definition) is 1. The largest absolute Gasteiger partial charge is 0.496 e. The summed E-state index contributed by atoms with van der Waals surface area (Å²) in [5.41, 5.74) is 7.22. The van der Waals surface area contributed by atoms with Gasteiger partial charge in [-0.1, -0.05) is 0 Å². The van der Waals surface area contributed by atoms with E-state index in [-0.39, 0.29) is 0 Å². The molecule has 0 aliphatic carbocycles. The molecule has 0 aliphatic heterocycles. The minimum atomic E-state index is 0.467. The third kappa shape index (κ3) is 2.56. The van der Waals surface area contributed by atoms with Gasteiger partial charge in [-0.05, 0) is 66.4 Å². The summed E-state index contributed by atoms with van der Waals surface area (Å²) < 4.78 is 17.3. The predicted molar refractivity (Wildman–Crippen MR) is 84.7 cm³/mol. The number of nitrogens with zero attached hydrogens (tertiary/aromatic N) is 2. The highest BCUT2D eigenvalue weighted by Gasteiger charge is 2.14. The zero-order valence-electron chi connectivity index (χ0n) is 10.8. The normalized spacial score (nSPS) is 10.8. The van der Waals surface area contributed by atoms with Gasteiger partial charge in [-0.2, -0.15) is 0 Å². The third-order valence-corrected chi connectivity index (χ3v) is 4.08. The van der Waals surface area contributed by atoms with Crippen LogP contribution in [0.4, 0.5) is 5.69 Å². The first-order valence-electron chi connectivity index (χ1n) is 5.82. The maximum atomic E-state index is 5.87. The second kappa shape index (κ2) is 5.53. The number of fused-ring (bicyclic) bond motifs is 1. The van der Waals surface area contributed by atoms with Crippen molar-refractivity contribution in [2.75, 3.05) is 12.8 Å². The van der Waals surface area contributed by atoms with E-state index in [1.807, 2.05) is 0 Å². The Morgan fingerprint density at radius 1 is 1.00 bits per heavy atom. The van der Waals surface area contributed by atoms with Crippen molar-refractivity contribution in [2.24, 2.45) is 0 Å². The topological polar surface area (TPSA) is 83.4 Å². The first-order valence-corrected chi connectivity index (χ1v) is 7.40. The van der Waals surface area contributed by atoms with Crippen LogP contribution in [0.1, 0.15) is 0 Å². The number of benzene rings is 2. The Balaban J connectivity index is 2.05. The molecule has 8 heteroatoms. The molecule has 0 atom stereocenters. The monoisotopic (exact) mass is 413 g/mol. The van der Waals surface area contributed by atoms with Gasteiger partial charge in [-0.25, -0.2) is 4.63 Å². The lowest BCUT2D eigenvalue weighted by Crippen LogP contribution is -1.92. The SMILES string of the molecule is COc1cc(Br)c(Oc2ccc(N)c3nonc23)cc1Br. The summed E-state index contributed by atoms with van der Waals surface area (Å²) in [6, 6.07) is 6.99. The smallest absolute Gasteiger partial charge is 0.179 e. The minimum Gasteiger partial charge on any atom is -0.496 e. The van der Waals surface area contributed by atoms with Crippen molar-refractivity contribution in [3.63, 3.8) is 0 Å². The Morgan fingerprint density at radius 2 is 1.67 bits per heavy atom. The summed E-state index contributed by atoms with van der Waals surface area (Å²) in [5.74, 6) is 1.79. The van der Waals surface area contributed by atoms with Crippen molar-refractivity contribution in [3.8, 4) is 17.2 Å². The first-order chi connectivity index (χ1) is 10.1. The van der Waals surface area contributed by atoms with E-state index in [9.17, 15) is 0 Å². The fraction of sp³-hybridized carbons (Fsp3) is 0.0769. The highest BCUT2D eigenvalue weighted by atomic mass is 79.9. The lowest BCUT2D eigenvalue weighted by Gasteiger charge is -2.11. The molecule has 0 saturated heterocycles. The van der Waals surface area contributed by atoms with E-state index in [1.165, 1.54) is 0 Å². The van der Waals surface area contributed by atoms with Crippen LogP contribution >= 0.6 is 31.9 Å². The van der Waals surface area contributed by atoms with Crippen LogP contribution in [-0.2, 0) is 0 Å². The number of methoxy groups -OCH3 is 1. The summed E-state index contributed by atoms with van der Waals surface area (Å²) in [5, 5.41) is 7.57. The summed E-state index contributed by atoms with van der Waals surface area (Å²) >= 11 is 6.86. The molecule has 0 fully saturated rings. The van der Waals surface area contributed by atoms with Gasteiger partial charge in [0.15, 0.2) is 16.8 Å². The van der Waals surface area contributed by atoms with Gasteiger partial charge in [0.1, 0.15) is 11.5 Å². The number of nitrogens with two attached hydrogens (primary N) is 1. The number of nitrogen functional groups attached to an aromatic ring is 1. The maximum Gasteiger partial charge on any atom is 0.179 e. The molecule has 0 amide bonds. The molecule has 3 aromatic rings. The molecular formula is C13H9Br2N3O3. The molecule has 0 saturated carbocycles. The van der Waals surface area contributed by atoms with Gasteiger partial charge in [0.25, 0.3) is 0 Å². The molecule has 0 unspecified atom stereocenters. The van der Waals surface area contributed by atoms with Crippen molar-refractivity contribution >= 4 is 48.6 Å². The average Bonchev–Trinajstić information content (AvgIpc) is 2.96. The van der Waals surface area contributed by atoms with Gasteiger partial charge in [0.05, 0.1) is 21.7 Å². The minimum absolute atomic E-state index is 0.467. The highest BCUT2D eigenvalue weighted by molar-refractivity contribution is 9.11. The lowest BCUT2D eigenvalue weighted by molar-refractivity contribution is 0.314. The fourth-order valence-electron chi connectivity index (χ4n) is 1.81. The van der Waals surface area contributed by atoms with Crippen molar-refractivity contribution < 1.29 is 14.1 Å². The number of rotatable bonds is 3. The second-order valence-electron chi connectivity index (χ2n) is 4.13. The van der Waals surface area contributed by atoms with Crippen LogP contribution in [0.2, 0.25) is 0 Å². The molecule has 6 nitrogen and oxygen atoms in total. The number of anilines is 1. The van der Waals surface area contributed by atoms with E-state index >= 15 is 0 Å². The van der Waals surface area contributed by atoms with Crippen molar-refractivity contribution in [3.05, 3.63) is 33.2 Å². The summed E-state index contributed by atoms with van der Waals surface area (Å²) in [4.78, 5) is 0. The van der Waals surface area contributed by atoms with Crippen molar-refractivity contribution in [2.45, 2.75) is 0 Å². The van der Waals surface area contributed by atoms with Crippen molar-refractivity contribution in [1.82, 2.24) is 10.3 Å². The Morgan fingerprint density at radius 3 is 2.43 bits per heavy atom. The van der Waals surface area contributed by atoms with Gasteiger partial charge in [0.2, 0.25) is 0 Å². The van der Waals surface area contributed by atoms with Gasteiger partial charge in [-0.3, -0.25) is 0 Å². The molecule has 2 aromatic carbocycles. The Kier molecular flexibility index (Phi) is 3.73. The van der Waals surface area contributed by atoms with Gasteiger partial charge in [-0.15, -0.1) is 0 Å². The van der Waals surface area contributed by atoms with E-state index in [1.54, 1.807) is 31.4 Å². The molecule has 21 heavy (non-hydrogen) atoms. The number of aromatic nitrogens is 2. The summed E-state index contributed by atoms with van der Waals surface area (Å²) in [7, 11) is 1.59. The van der Waals surface area contributed by atoms with Crippen LogP contribution < -0.4 is 15.2 Å². The quantitative estimate of drug-likeness (QED) is 0.648. The molecule has 0 bridgehead atoms. The predicted octanol–water partition coefficient (Wildman–Crippen LogP) is 4.13. The van der Waals surface area contributed by atoms with E-state index in [0.717, 1.165) is 8.95 Å². The van der Waals surface area contributed by atoms with Crippen LogP contribution in [0.25, 0.3) is 11.0 Å². The van der Waals surface area contributed by atoms with Crippen LogP contribution in [0, 0.1) is 0 Å². The van der Waals surface area contributed by atoms with Crippen molar-refractivity contribution in [1.29, 1.82) is 0 Å². The molecule has 0 spiro atoms. The molecule has 2 N–H and O–H groups in total. The Hall–Kier alpha value is -1.80. The van der Waals surface area contributed by atoms with Gasteiger partial charge >= 0.3 is 0 Å². The number of ether oxygens (including phenoxy) is 2. The average molecular weight is 415 g/mol. The maximum absolute atomic E-state index is 5.87. The zero-order chi connectivity index (χ0) is 15.0. The van der Waals surface area contributed by atoms with Gasteiger partial charge < -0.3 is 15.2 Å². The Bertz CT molecular complexity index is 820. The molecule has 0 radical (unpaired) electrons. The third-order valence-electron chi connectivity index (χ3n) is 2.84. The van der Waals surface area contributed by atoms with E-state index < -0.39 is 0 Å². The lowest BCUT2D eigenvalue weighted by atomic mass is 10.2. The number of halogens is 2. The molecule has 1 heterocycles. The van der Waals surface area contributed by atoms with E-state index in [2.05, 4.69) is 42.2 Å². The van der Waals surface area contributed by atoms with Crippen LogP contribution in [0.15, 0.2) is 37.8 Å².